The summed E-state index contributed by atoms with van der Waals surface area (Å²) in [7, 11) is -3.84. The van der Waals surface area contributed by atoms with Crippen molar-refractivity contribution in [3.05, 3.63) is 23.9 Å². The summed E-state index contributed by atoms with van der Waals surface area (Å²) in [5.74, 6) is -1.09. The lowest BCUT2D eigenvalue weighted by molar-refractivity contribution is -0.149. The van der Waals surface area contributed by atoms with Gasteiger partial charge in [0.1, 0.15) is 0 Å². The minimum Gasteiger partial charge on any atom is -0.466 e. The third-order valence-corrected chi connectivity index (χ3v) is 7.54. The molecule has 1 amide bonds. The molecule has 1 atom stereocenters. The molecule has 0 aliphatic carbocycles. The summed E-state index contributed by atoms with van der Waals surface area (Å²) < 4.78 is 38.1. The smallest absolute Gasteiger partial charge is 0.310 e. The molecule has 0 N–H and O–H groups in total. The summed E-state index contributed by atoms with van der Waals surface area (Å²) in [4.78, 5) is 26.6. The molecule has 0 bridgehead atoms. The molecule has 0 radical (unpaired) electrons. The minimum atomic E-state index is -3.84. The van der Waals surface area contributed by atoms with Crippen LogP contribution in [0.25, 0.3) is 11.0 Å². The molecule has 0 unspecified atom stereocenters. The molecule has 162 valence electrons. The molecule has 2 aliphatic rings. The number of sulfonamides is 1. The lowest BCUT2D eigenvalue weighted by atomic mass is 10.0. The average Bonchev–Trinajstić information content (AvgIpc) is 3.43. The average molecular weight is 436 g/mol. The molecule has 4 rings (SSSR count). The van der Waals surface area contributed by atoms with Crippen LogP contribution in [0.1, 0.15) is 43.1 Å². The van der Waals surface area contributed by atoms with E-state index in [4.69, 9.17) is 9.26 Å². The Kier molecular flexibility index (Phi) is 5.79. The molecule has 10 heteroatoms. The van der Waals surface area contributed by atoms with E-state index in [2.05, 4.69) is 5.16 Å². The van der Waals surface area contributed by atoms with Crippen LogP contribution in [0.5, 0.6) is 0 Å². The van der Waals surface area contributed by atoms with Gasteiger partial charge in [0.05, 0.1) is 22.8 Å². The van der Waals surface area contributed by atoms with Crippen LogP contribution in [0.4, 0.5) is 0 Å². The largest absolute Gasteiger partial charge is 0.466 e. The Morgan fingerprint density at radius 1 is 1.20 bits per heavy atom. The predicted molar refractivity (Wildman–Crippen MR) is 107 cm³/mol. The summed E-state index contributed by atoms with van der Waals surface area (Å²) in [6, 6.07) is 4.40. The summed E-state index contributed by atoms with van der Waals surface area (Å²) in [6.45, 7) is 3.73. The van der Waals surface area contributed by atoms with E-state index in [9.17, 15) is 18.0 Å². The lowest BCUT2D eigenvalue weighted by Crippen LogP contribution is -2.42. The monoisotopic (exact) mass is 435 g/mol. The summed E-state index contributed by atoms with van der Waals surface area (Å²) in [5, 5.41) is 4.28. The number of hydrogen-bond donors (Lipinski definition) is 0. The van der Waals surface area contributed by atoms with Crippen LogP contribution in [0.2, 0.25) is 0 Å². The van der Waals surface area contributed by atoms with Crippen LogP contribution >= 0.6 is 0 Å². The van der Waals surface area contributed by atoms with Crippen molar-refractivity contribution in [1.82, 2.24) is 14.4 Å². The second-order valence-electron chi connectivity index (χ2n) is 7.64. The van der Waals surface area contributed by atoms with E-state index in [1.54, 1.807) is 11.8 Å². The van der Waals surface area contributed by atoms with Crippen LogP contribution in [-0.2, 0) is 19.6 Å². The first kappa shape index (κ1) is 20.8. The number of fused-ring (bicyclic) bond motifs is 1. The molecular weight excluding hydrogens is 410 g/mol. The Hall–Kier alpha value is -2.46. The first-order valence-electron chi connectivity index (χ1n) is 10.3. The van der Waals surface area contributed by atoms with Gasteiger partial charge in [0.15, 0.2) is 11.3 Å². The van der Waals surface area contributed by atoms with Gasteiger partial charge in [0.25, 0.3) is 5.91 Å². The van der Waals surface area contributed by atoms with Gasteiger partial charge in [-0.1, -0.05) is 5.16 Å². The minimum absolute atomic E-state index is 0.0539. The van der Waals surface area contributed by atoms with Crippen molar-refractivity contribution < 1.29 is 27.3 Å². The second-order valence-corrected chi connectivity index (χ2v) is 9.58. The molecule has 2 fully saturated rings. The van der Waals surface area contributed by atoms with Crippen molar-refractivity contribution >= 4 is 32.9 Å². The number of carbonyl (C=O) groups is 2. The van der Waals surface area contributed by atoms with E-state index < -0.39 is 15.9 Å². The molecular formula is C20H25N3O6S. The molecule has 0 spiro atoms. The number of likely N-dealkylation sites (tertiary alicyclic amines) is 1. The van der Waals surface area contributed by atoms with E-state index >= 15 is 0 Å². The quantitative estimate of drug-likeness (QED) is 0.661. The number of benzene rings is 1. The van der Waals surface area contributed by atoms with Gasteiger partial charge in [-0.3, -0.25) is 9.59 Å². The van der Waals surface area contributed by atoms with Crippen LogP contribution in [0.15, 0.2) is 27.6 Å². The van der Waals surface area contributed by atoms with Crippen molar-refractivity contribution in [1.29, 1.82) is 0 Å². The fourth-order valence-electron chi connectivity index (χ4n) is 4.06. The van der Waals surface area contributed by atoms with E-state index in [0.29, 0.717) is 43.4 Å². The van der Waals surface area contributed by atoms with Crippen LogP contribution < -0.4 is 0 Å². The number of ether oxygens (including phenoxy) is 1. The Labute approximate surface area is 175 Å². The number of hydrogen-bond acceptors (Lipinski definition) is 7. The molecule has 2 saturated heterocycles. The maximum atomic E-state index is 13.2. The number of carbonyl (C=O) groups excluding carboxylic acids is 2. The molecule has 30 heavy (non-hydrogen) atoms. The maximum Gasteiger partial charge on any atom is 0.310 e. The van der Waals surface area contributed by atoms with Gasteiger partial charge in [-0.05, 0) is 50.8 Å². The fraction of sp³-hybridized carbons (Fsp3) is 0.550. The maximum absolute atomic E-state index is 13.2. The molecule has 1 aromatic heterocycles. The van der Waals surface area contributed by atoms with Gasteiger partial charge < -0.3 is 14.2 Å². The zero-order chi connectivity index (χ0) is 21.3. The topological polar surface area (TPSA) is 110 Å². The highest BCUT2D eigenvalue weighted by Crippen LogP contribution is 2.29. The van der Waals surface area contributed by atoms with Crippen molar-refractivity contribution in [2.75, 3.05) is 32.8 Å². The Bertz CT molecular complexity index is 1060. The zero-order valence-corrected chi connectivity index (χ0v) is 17.7. The van der Waals surface area contributed by atoms with Crippen molar-refractivity contribution in [3.8, 4) is 0 Å². The van der Waals surface area contributed by atoms with Gasteiger partial charge in [-0.15, -0.1) is 0 Å². The van der Waals surface area contributed by atoms with E-state index in [1.165, 1.54) is 22.5 Å². The third-order valence-electron chi connectivity index (χ3n) is 5.68. The van der Waals surface area contributed by atoms with E-state index in [1.807, 2.05) is 0 Å². The van der Waals surface area contributed by atoms with Crippen molar-refractivity contribution in [3.63, 3.8) is 0 Å². The third kappa shape index (κ3) is 3.81. The van der Waals surface area contributed by atoms with Gasteiger partial charge in [0, 0.05) is 26.2 Å². The number of esters is 1. The van der Waals surface area contributed by atoms with Crippen molar-refractivity contribution in [2.45, 2.75) is 37.5 Å². The molecule has 3 heterocycles. The van der Waals surface area contributed by atoms with Crippen LogP contribution in [-0.4, -0.2) is 67.4 Å². The number of amides is 1. The van der Waals surface area contributed by atoms with Crippen LogP contribution in [0, 0.1) is 5.92 Å². The van der Waals surface area contributed by atoms with Gasteiger partial charge in [-0.25, -0.2) is 8.42 Å². The lowest BCUT2D eigenvalue weighted by Gasteiger charge is -2.30. The van der Waals surface area contributed by atoms with Gasteiger partial charge in [0.2, 0.25) is 10.0 Å². The summed E-state index contributed by atoms with van der Waals surface area (Å²) in [6.07, 6.45) is 3.07. The fourth-order valence-corrected chi connectivity index (χ4v) is 5.62. The molecule has 0 saturated carbocycles. The number of nitrogens with zero attached hydrogens (tertiary/aromatic N) is 3. The first-order chi connectivity index (χ1) is 14.4. The number of piperidine rings is 1. The molecule has 1 aromatic carbocycles. The highest BCUT2D eigenvalue weighted by atomic mass is 32.2. The van der Waals surface area contributed by atoms with Gasteiger partial charge >= 0.3 is 5.97 Å². The van der Waals surface area contributed by atoms with E-state index in [-0.39, 0.29) is 35.6 Å². The molecule has 2 aromatic rings. The standard InChI is InChI=1S/C20H25N3O6S/c1-2-28-20(25)14-6-5-11-23(13-14)30(26,27)15-7-8-17-16(12-15)18(21-29-17)19(24)22-9-3-4-10-22/h7-8,12,14H,2-6,9-11,13H2,1H3/t14-/m0/s1. The number of rotatable bonds is 5. The highest BCUT2D eigenvalue weighted by Gasteiger charge is 2.34. The SMILES string of the molecule is CCOC(=O)[C@H]1CCCN(S(=O)(=O)c2ccc3onc(C(=O)N4CCCC4)c3c2)C1. The zero-order valence-electron chi connectivity index (χ0n) is 16.9. The molecule has 9 nitrogen and oxygen atoms in total. The number of aromatic nitrogens is 1. The Balaban J connectivity index is 1.62. The van der Waals surface area contributed by atoms with Gasteiger partial charge in [-0.2, -0.15) is 4.31 Å². The highest BCUT2D eigenvalue weighted by molar-refractivity contribution is 7.89. The first-order valence-corrected chi connectivity index (χ1v) is 11.7. The Morgan fingerprint density at radius 3 is 2.70 bits per heavy atom. The molecule has 2 aliphatic heterocycles. The van der Waals surface area contributed by atoms with Crippen molar-refractivity contribution in [2.24, 2.45) is 5.92 Å². The summed E-state index contributed by atoms with van der Waals surface area (Å²) in [5.41, 5.74) is 0.492. The predicted octanol–water partition coefficient (Wildman–Crippen LogP) is 2.03. The second kappa shape index (κ2) is 8.35. The normalized spacial score (nSPS) is 20.6. The summed E-state index contributed by atoms with van der Waals surface area (Å²) >= 11 is 0. The van der Waals surface area contributed by atoms with E-state index in [0.717, 1.165) is 12.8 Å². The van der Waals surface area contributed by atoms with Crippen LogP contribution in [0.3, 0.4) is 0 Å². The Morgan fingerprint density at radius 2 is 1.97 bits per heavy atom.